The summed E-state index contributed by atoms with van der Waals surface area (Å²) in [6, 6.07) is 8.06. The fourth-order valence-corrected chi connectivity index (χ4v) is 2.21. The molecule has 0 radical (unpaired) electrons. The topological polar surface area (TPSA) is 82.3 Å². The monoisotopic (exact) mass is 270 g/mol. The molecule has 6 nitrogen and oxygen atoms in total. The number of aromatic nitrogens is 1. The van der Waals surface area contributed by atoms with Crippen LogP contribution in [0.4, 0.5) is 5.69 Å². The first-order valence-corrected chi connectivity index (χ1v) is 6.08. The molecule has 1 heterocycles. The van der Waals surface area contributed by atoms with E-state index in [1.807, 2.05) is 0 Å². The van der Waals surface area contributed by atoms with E-state index in [9.17, 15) is 14.9 Å². The Morgan fingerprint density at radius 3 is 2.75 bits per heavy atom. The summed E-state index contributed by atoms with van der Waals surface area (Å²) in [4.78, 5) is 25.6. The van der Waals surface area contributed by atoms with Gasteiger partial charge in [-0.1, -0.05) is 12.1 Å². The van der Waals surface area contributed by atoms with Crippen molar-refractivity contribution in [1.29, 1.82) is 0 Å². The lowest BCUT2D eigenvalue weighted by Gasteiger charge is -2.08. The highest BCUT2D eigenvalue weighted by Crippen LogP contribution is 2.33. The van der Waals surface area contributed by atoms with Crippen molar-refractivity contribution in [3.8, 4) is 11.6 Å². The van der Waals surface area contributed by atoms with Gasteiger partial charge in [-0.15, -0.1) is 0 Å². The highest BCUT2D eigenvalue weighted by molar-refractivity contribution is 6.01. The predicted octanol–water partition coefficient (Wildman–Crippen LogP) is 2.91. The second-order valence-corrected chi connectivity index (χ2v) is 4.42. The number of Topliss-reactive ketones (excluding diaryl/α,β-unsaturated/α-hetero) is 1. The lowest BCUT2D eigenvalue weighted by atomic mass is 10.1. The van der Waals surface area contributed by atoms with Crippen LogP contribution in [0.3, 0.4) is 0 Å². The number of benzene rings is 1. The summed E-state index contributed by atoms with van der Waals surface area (Å²) in [6.07, 6.45) is 2.28. The zero-order valence-electron chi connectivity index (χ0n) is 10.4. The van der Waals surface area contributed by atoms with Crippen molar-refractivity contribution in [1.82, 2.24) is 4.98 Å². The van der Waals surface area contributed by atoms with Crippen molar-refractivity contribution in [3.05, 3.63) is 57.8 Å². The van der Waals surface area contributed by atoms with Gasteiger partial charge in [-0.2, -0.15) is 0 Å². The van der Waals surface area contributed by atoms with Crippen LogP contribution in [0.15, 0.2) is 36.5 Å². The number of rotatable bonds is 3. The maximum absolute atomic E-state index is 11.6. The van der Waals surface area contributed by atoms with Crippen LogP contribution in [-0.4, -0.2) is 15.7 Å². The van der Waals surface area contributed by atoms with Gasteiger partial charge in [0, 0.05) is 29.7 Å². The SMILES string of the molecule is O=C1CCc2c(Oc3ccc([N+](=O)[O-])cn3)cccc21. The van der Waals surface area contributed by atoms with E-state index in [2.05, 4.69) is 4.98 Å². The molecule has 0 saturated carbocycles. The maximum atomic E-state index is 11.6. The molecule has 0 bridgehead atoms. The Morgan fingerprint density at radius 2 is 2.05 bits per heavy atom. The van der Waals surface area contributed by atoms with Crippen LogP contribution in [0, 0.1) is 10.1 Å². The van der Waals surface area contributed by atoms with E-state index >= 15 is 0 Å². The van der Waals surface area contributed by atoms with Crippen LogP contribution >= 0.6 is 0 Å². The molecule has 0 amide bonds. The molecule has 1 aliphatic rings. The number of nitro groups is 1. The zero-order chi connectivity index (χ0) is 14.1. The molecule has 1 aliphatic carbocycles. The normalized spacial score (nSPS) is 13.1. The first-order valence-electron chi connectivity index (χ1n) is 6.08. The molecule has 3 rings (SSSR count). The minimum absolute atomic E-state index is 0.0918. The van der Waals surface area contributed by atoms with Crippen molar-refractivity contribution >= 4 is 11.5 Å². The number of nitrogens with zero attached hydrogens (tertiary/aromatic N) is 2. The standard InChI is InChI=1S/C14H10N2O4/c17-12-6-5-11-10(12)2-1-3-13(11)20-14-7-4-9(8-15-14)16(18)19/h1-4,7-8H,5-6H2. The second-order valence-electron chi connectivity index (χ2n) is 4.42. The fraction of sp³-hybridized carbons (Fsp3) is 0.143. The molecule has 100 valence electrons. The third kappa shape index (κ3) is 2.11. The summed E-state index contributed by atoms with van der Waals surface area (Å²) in [5.74, 6) is 0.958. The molecule has 2 aromatic rings. The third-order valence-electron chi connectivity index (χ3n) is 3.18. The van der Waals surface area contributed by atoms with Gasteiger partial charge in [0.1, 0.15) is 11.9 Å². The molecule has 0 fully saturated rings. The lowest BCUT2D eigenvalue weighted by Crippen LogP contribution is -1.95. The molecule has 20 heavy (non-hydrogen) atoms. The molecule has 0 saturated heterocycles. The largest absolute Gasteiger partial charge is 0.439 e. The van der Waals surface area contributed by atoms with Crippen molar-refractivity contribution < 1.29 is 14.5 Å². The number of pyridine rings is 1. The maximum Gasteiger partial charge on any atom is 0.287 e. The van der Waals surface area contributed by atoms with E-state index < -0.39 is 4.92 Å². The fourth-order valence-electron chi connectivity index (χ4n) is 2.21. The Labute approximate surface area is 114 Å². The average Bonchev–Trinajstić information content (AvgIpc) is 2.82. The van der Waals surface area contributed by atoms with Gasteiger partial charge < -0.3 is 4.74 Å². The Bertz CT molecular complexity index is 695. The first-order chi connectivity index (χ1) is 9.65. The number of ether oxygens (including phenoxy) is 1. The molecule has 0 spiro atoms. The molecular formula is C14H10N2O4. The van der Waals surface area contributed by atoms with E-state index in [1.54, 1.807) is 18.2 Å². The van der Waals surface area contributed by atoms with E-state index in [-0.39, 0.29) is 17.4 Å². The molecule has 1 aromatic heterocycles. The number of ketones is 1. The first kappa shape index (κ1) is 12.3. The molecule has 0 unspecified atom stereocenters. The summed E-state index contributed by atoms with van der Waals surface area (Å²) in [7, 11) is 0. The van der Waals surface area contributed by atoms with E-state index in [4.69, 9.17) is 4.74 Å². The minimum atomic E-state index is -0.518. The number of hydrogen-bond donors (Lipinski definition) is 0. The number of carbonyl (C=O) groups is 1. The summed E-state index contributed by atoms with van der Waals surface area (Å²) >= 11 is 0. The highest BCUT2D eigenvalue weighted by atomic mass is 16.6. The summed E-state index contributed by atoms with van der Waals surface area (Å²) in [6.45, 7) is 0. The second kappa shape index (κ2) is 4.73. The van der Waals surface area contributed by atoms with Crippen molar-refractivity contribution in [2.75, 3.05) is 0 Å². The van der Waals surface area contributed by atoms with Crippen LogP contribution < -0.4 is 4.74 Å². The van der Waals surface area contributed by atoms with Crippen LogP contribution in [0.25, 0.3) is 0 Å². The van der Waals surface area contributed by atoms with Gasteiger partial charge in [0.25, 0.3) is 5.69 Å². The summed E-state index contributed by atoms with van der Waals surface area (Å²) in [5, 5.41) is 10.5. The summed E-state index contributed by atoms with van der Waals surface area (Å²) in [5.41, 5.74) is 1.47. The summed E-state index contributed by atoms with van der Waals surface area (Å²) < 4.78 is 5.62. The minimum Gasteiger partial charge on any atom is -0.439 e. The van der Waals surface area contributed by atoms with Crippen molar-refractivity contribution in [2.24, 2.45) is 0 Å². The zero-order valence-corrected chi connectivity index (χ0v) is 10.4. The van der Waals surface area contributed by atoms with Crippen LogP contribution in [0.2, 0.25) is 0 Å². The van der Waals surface area contributed by atoms with Gasteiger partial charge in [-0.3, -0.25) is 14.9 Å². The molecule has 1 aromatic carbocycles. The van der Waals surface area contributed by atoms with Gasteiger partial charge in [-0.25, -0.2) is 4.98 Å². The predicted molar refractivity (Wildman–Crippen MR) is 70.1 cm³/mol. The molecule has 0 N–H and O–H groups in total. The van der Waals surface area contributed by atoms with Crippen molar-refractivity contribution in [2.45, 2.75) is 12.8 Å². The Balaban J connectivity index is 1.89. The smallest absolute Gasteiger partial charge is 0.287 e. The van der Waals surface area contributed by atoms with Crippen LogP contribution in [0.1, 0.15) is 22.3 Å². The van der Waals surface area contributed by atoms with Gasteiger partial charge >= 0.3 is 0 Å². The van der Waals surface area contributed by atoms with E-state index in [0.717, 1.165) is 11.8 Å². The molecule has 0 aliphatic heterocycles. The molecular weight excluding hydrogens is 260 g/mol. The lowest BCUT2D eigenvalue weighted by molar-refractivity contribution is -0.385. The van der Waals surface area contributed by atoms with Gasteiger partial charge in [0.2, 0.25) is 5.88 Å². The Kier molecular flexibility index (Phi) is 2.90. The molecule has 0 atom stereocenters. The quantitative estimate of drug-likeness (QED) is 0.632. The van der Waals surface area contributed by atoms with Gasteiger partial charge in [0.15, 0.2) is 5.78 Å². The van der Waals surface area contributed by atoms with E-state index in [0.29, 0.717) is 24.2 Å². The van der Waals surface area contributed by atoms with Gasteiger partial charge in [-0.05, 0) is 12.5 Å². The van der Waals surface area contributed by atoms with Crippen molar-refractivity contribution in [3.63, 3.8) is 0 Å². The molecule has 6 heteroatoms. The number of fused-ring (bicyclic) bond motifs is 1. The van der Waals surface area contributed by atoms with Crippen LogP contribution in [-0.2, 0) is 6.42 Å². The Hall–Kier alpha value is -2.76. The van der Waals surface area contributed by atoms with Gasteiger partial charge in [0.05, 0.1) is 4.92 Å². The Morgan fingerprint density at radius 1 is 1.20 bits per heavy atom. The number of hydrogen-bond acceptors (Lipinski definition) is 5. The van der Waals surface area contributed by atoms with Crippen LogP contribution in [0.5, 0.6) is 11.6 Å². The third-order valence-corrected chi connectivity index (χ3v) is 3.18. The number of carbonyl (C=O) groups excluding carboxylic acids is 1. The highest BCUT2D eigenvalue weighted by Gasteiger charge is 2.23. The average molecular weight is 270 g/mol. The van der Waals surface area contributed by atoms with E-state index in [1.165, 1.54) is 12.1 Å².